The molecule has 2 aromatic carbocycles. The van der Waals surface area contributed by atoms with Crippen LogP contribution in [0.1, 0.15) is 46.9 Å². The highest BCUT2D eigenvalue weighted by Crippen LogP contribution is 2.38. The lowest BCUT2D eigenvalue weighted by atomic mass is 9.93. The van der Waals surface area contributed by atoms with E-state index in [0.717, 1.165) is 31.6 Å². The second-order valence-corrected chi connectivity index (χ2v) is 8.57. The number of carbonyl (C=O) groups is 1. The Kier molecular flexibility index (Phi) is 6.30. The molecule has 0 bridgehead atoms. The van der Waals surface area contributed by atoms with Crippen molar-refractivity contribution in [3.8, 4) is 5.75 Å². The van der Waals surface area contributed by atoms with Gasteiger partial charge in [-0.2, -0.15) is 0 Å². The third-order valence-corrected chi connectivity index (χ3v) is 6.44. The van der Waals surface area contributed by atoms with Crippen molar-refractivity contribution in [1.82, 2.24) is 4.90 Å². The fraction of sp³-hybridized carbons (Fsp3) is 0.320. The maximum absolute atomic E-state index is 13.1. The molecule has 0 spiro atoms. The molecule has 2 heterocycles. The molecule has 1 aliphatic rings. The van der Waals surface area contributed by atoms with Crippen LogP contribution >= 0.6 is 11.3 Å². The van der Waals surface area contributed by atoms with E-state index >= 15 is 0 Å². The van der Waals surface area contributed by atoms with Gasteiger partial charge in [0.2, 0.25) is 5.91 Å². The molecule has 0 radical (unpaired) electrons. The zero-order valence-corrected chi connectivity index (χ0v) is 17.7. The number of thiophene rings is 1. The third-order valence-electron chi connectivity index (χ3n) is 5.44. The number of hydrogen-bond acceptors (Lipinski definition) is 3. The minimum atomic E-state index is 0.0437. The summed E-state index contributed by atoms with van der Waals surface area (Å²) in [5, 5.41) is 2.15. The van der Waals surface area contributed by atoms with E-state index in [1.807, 2.05) is 24.3 Å². The molecule has 150 valence electrons. The van der Waals surface area contributed by atoms with Gasteiger partial charge >= 0.3 is 0 Å². The van der Waals surface area contributed by atoms with Crippen LogP contribution < -0.4 is 4.74 Å². The monoisotopic (exact) mass is 405 g/mol. The van der Waals surface area contributed by atoms with Crippen molar-refractivity contribution in [3.63, 3.8) is 0 Å². The molecule has 3 aromatic rings. The van der Waals surface area contributed by atoms with Gasteiger partial charge in [0.05, 0.1) is 12.6 Å². The van der Waals surface area contributed by atoms with Gasteiger partial charge in [-0.15, -0.1) is 11.3 Å². The minimum absolute atomic E-state index is 0.0437. The molecule has 0 saturated heterocycles. The Balaban J connectivity index is 1.35. The topological polar surface area (TPSA) is 29.5 Å². The quantitative estimate of drug-likeness (QED) is 0.466. The Bertz CT molecular complexity index is 950. The molecule has 0 fully saturated rings. The van der Waals surface area contributed by atoms with Crippen molar-refractivity contribution in [2.45, 2.75) is 38.6 Å². The molecule has 1 amide bonds. The molecule has 1 aromatic heterocycles. The highest BCUT2D eigenvalue weighted by molar-refractivity contribution is 7.10. The van der Waals surface area contributed by atoms with Crippen molar-refractivity contribution in [2.75, 3.05) is 13.2 Å². The number of carbonyl (C=O) groups excluding carboxylic acids is 1. The van der Waals surface area contributed by atoms with Crippen LogP contribution in [0.3, 0.4) is 0 Å². The Morgan fingerprint density at radius 2 is 1.97 bits per heavy atom. The van der Waals surface area contributed by atoms with Crippen molar-refractivity contribution < 1.29 is 9.53 Å². The first-order chi connectivity index (χ1) is 14.2. The number of nitrogens with zero attached hydrogens (tertiary/aromatic N) is 1. The maximum atomic E-state index is 13.1. The molecule has 1 unspecified atom stereocenters. The first-order valence-electron chi connectivity index (χ1n) is 10.3. The van der Waals surface area contributed by atoms with Crippen LogP contribution in [0.2, 0.25) is 0 Å². The summed E-state index contributed by atoms with van der Waals surface area (Å²) in [5.41, 5.74) is 3.69. The van der Waals surface area contributed by atoms with Gasteiger partial charge in [-0.3, -0.25) is 4.79 Å². The number of hydrogen-bond donors (Lipinski definition) is 0. The SMILES string of the molecule is Cc1cccc(OCCCCC(=O)N2CCc3sccc3C2c2ccccc2)c1. The smallest absolute Gasteiger partial charge is 0.223 e. The average molecular weight is 406 g/mol. The van der Waals surface area contributed by atoms with Crippen LogP contribution in [0, 0.1) is 6.92 Å². The number of amides is 1. The predicted octanol–water partition coefficient (Wildman–Crippen LogP) is 5.78. The lowest BCUT2D eigenvalue weighted by molar-refractivity contribution is -0.133. The van der Waals surface area contributed by atoms with E-state index in [0.29, 0.717) is 13.0 Å². The molecule has 0 N–H and O–H groups in total. The van der Waals surface area contributed by atoms with Crippen LogP contribution in [0.15, 0.2) is 66.0 Å². The first-order valence-corrected chi connectivity index (χ1v) is 11.2. The zero-order valence-electron chi connectivity index (χ0n) is 16.8. The largest absolute Gasteiger partial charge is 0.494 e. The number of rotatable bonds is 7. The number of unbranched alkanes of at least 4 members (excludes halogenated alkanes) is 1. The standard InChI is InChI=1S/C25H27NO2S/c1-19-8-7-11-21(18-19)28-16-6-5-12-24(27)26-15-13-23-22(14-17-29-23)25(26)20-9-3-2-4-10-20/h2-4,7-11,14,17-18,25H,5-6,12-13,15-16H2,1H3. The summed E-state index contributed by atoms with van der Waals surface area (Å²) in [6, 6.07) is 20.7. The summed E-state index contributed by atoms with van der Waals surface area (Å²) in [7, 11) is 0. The fourth-order valence-corrected chi connectivity index (χ4v) is 4.90. The molecule has 4 heteroatoms. The summed E-state index contributed by atoms with van der Waals surface area (Å²) in [6.45, 7) is 3.51. The summed E-state index contributed by atoms with van der Waals surface area (Å²) in [6.07, 6.45) is 3.25. The van der Waals surface area contributed by atoms with Crippen LogP contribution in [0.4, 0.5) is 0 Å². The van der Waals surface area contributed by atoms with Crippen LogP contribution in [0.25, 0.3) is 0 Å². The normalized spacial score (nSPS) is 15.8. The van der Waals surface area contributed by atoms with Crippen molar-refractivity contribution in [2.24, 2.45) is 0 Å². The van der Waals surface area contributed by atoms with Crippen LogP contribution in [-0.2, 0) is 11.2 Å². The minimum Gasteiger partial charge on any atom is -0.494 e. The molecule has 1 atom stereocenters. The van der Waals surface area contributed by atoms with Gasteiger partial charge in [-0.05, 0) is 66.5 Å². The van der Waals surface area contributed by atoms with E-state index in [9.17, 15) is 4.79 Å². The Morgan fingerprint density at radius 1 is 1.10 bits per heavy atom. The van der Waals surface area contributed by atoms with E-state index in [2.05, 4.69) is 53.6 Å². The molecule has 4 rings (SSSR count). The first kappa shape index (κ1) is 19.7. The lowest BCUT2D eigenvalue weighted by Crippen LogP contribution is -2.40. The number of fused-ring (bicyclic) bond motifs is 1. The van der Waals surface area contributed by atoms with Gasteiger partial charge in [0.25, 0.3) is 0 Å². The Morgan fingerprint density at radius 3 is 2.79 bits per heavy atom. The van der Waals surface area contributed by atoms with E-state index in [-0.39, 0.29) is 11.9 Å². The van der Waals surface area contributed by atoms with E-state index in [1.54, 1.807) is 11.3 Å². The van der Waals surface area contributed by atoms with Crippen LogP contribution in [0.5, 0.6) is 5.75 Å². The van der Waals surface area contributed by atoms with Gasteiger partial charge < -0.3 is 9.64 Å². The van der Waals surface area contributed by atoms with Gasteiger partial charge in [0.15, 0.2) is 0 Å². The van der Waals surface area contributed by atoms with E-state index in [1.165, 1.54) is 21.6 Å². The highest BCUT2D eigenvalue weighted by atomic mass is 32.1. The van der Waals surface area contributed by atoms with Gasteiger partial charge in [0.1, 0.15) is 5.75 Å². The number of aryl methyl sites for hydroxylation is 1. The van der Waals surface area contributed by atoms with Gasteiger partial charge in [0, 0.05) is 17.8 Å². The maximum Gasteiger partial charge on any atom is 0.223 e. The third kappa shape index (κ3) is 4.70. The molecule has 0 aliphatic carbocycles. The van der Waals surface area contributed by atoms with E-state index in [4.69, 9.17) is 4.74 Å². The second-order valence-electron chi connectivity index (χ2n) is 7.57. The van der Waals surface area contributed by atoms with Crippen molar-refractivity contribution in [3.05, 3.63) is 87.6 Å². The molecule has 3 nitrogen and oxygen atoms in total. The number of ether oxygens (including phenoxy) is 1. The van der Waals surface area contributed by atoms with Crippen LogP contribution in [-0.4, -0.2) is 24.0 Å². The molecule has 29 heavy (non-hydrogen) atoms. The summed E-state index contributed by atoms with van der Waals surface area (Å²) < 4.78 is 5.82. The molecule has 1 aliphatic heterocycles. The molecular weight excluding hydrogens is 378 g/mol. The Hall–Kier alpha value is -2.59. The second kappa shape index (κ2) is 9.27. The summed E-state index contributed by atoms with van der Waals surface area (Å²) in [4.78, 5) is 16.6. The van der Waals surface area contributed by atoms with Gasteiger partial charge in [-0.1, -0.05) is 42.5 Å². The number of benzene rings is 2. The lowest BCUT2D eigenvalue weighted by Gasteiger charge is -2.36. The zero-order chi connectivity index (χ0) is 20.1. The fourth-order valence-electron chi connectivity index (χ4n) is 4.00. The van der Waals surface area contributed by atoms with Gasteiger partial charge in [-0.25, -0.2) is 0 Å². The summed E-state index contributed by atoms with van der Waals surface area (Å²) >= 11 is 1.81. The summed E-state index contributed by atoms with van der Waals surface area (Å²) in [5.74, 6) is 1.15. The highest BCUT2D eigenvalue weighted by Gasteiger charge is 2.32. The van der Waals surface area contributed by atoms with E-state index < -0.39 is 0 Å². The van der Waals surface area contributed by atoms with Crippen molar-refractivity contribution >= 4 is 17.2 Å². The van der Waals surface area contributed by atoms with Crippen molar-refractivity contribution in [1.29, 1.82) is 0 Å². The average Bonchev–Trinajstić information content (AvgIpc) is 3.22. The predicted molar refractivity (Wildman–Crippen MR) is 119 cm³/mol. The molecule has 0 saturated carbocycles. The Labute approximate surface area is 176 Å². The molecular formula is C25H27NO2S.